The third kappa shape index (κ3) is 6.95. The first-order valence-corrected chi connectivity index (χ1v) is 16.2. The summed E-state index contributed by atoms with van der Waals surface area (Å²) in [5, 5.41) is 0.648. The van der Waals surface area contributed by atoms with Crippen molar-refractivity contribution in [3.63, 3.8) is 0 Å². The molecule has 1 aliphatic heterocycles. The molecule has 1 aromatic heterocycles. The van der Waals surface area contributed by atoms with E-state index in [0.717, 1.165) is 55.0 Å². The van der Waals surface area contributed by atoms with Crippen molar-refractivity contribution in [3.05, 3.63) is 83.4 Å². The first kappa shape index (κ1) is 31.9. The highest BCUT2D eigenvalue weighted by atomic mass is 35.5. The summed E-state index contributed by atoms with van der Waals surface area (Å²) < 4.78 is 34.8. The van der Waals surface area contributed by atoms with E-state index in [4.69, 9.17) is 9.72 Å². The zero-order chi connectivity index (χ0) is 29.0. The Morgan fingerprint density at radius 2 is 1.67 bits per heavy atom. The third-order valence-corrected chi connectivity index (χ3v) is 10.4. The highest BCUT2D eigenvalue weighted by Crippen LogP contribution is 2.32. The number of thiazole rings is 1. The van der Waals surface area contributed by atoms with Gasteiger partial charge in [0, 0.05) is 38.3 Å². The summed E-state index contributed by atoms with van der Waals surface area (Å²) >= 11 is 1.51. The number of sulfonamides is 1. The fourth-order valence-corrected chi connectivity index (χ4v) is 7.53. The number of hydrogen-bond acceptors (Lipinski definition) is 7. The van der Waals surface area contributed by atoms with Crippen LogP contribution in [-0.2, 0) is 14.8 Å². The number of benzene rings is 3. The van der Waals surface area contributed by atoms with Gasteiger partial charge in [-0.1, -0.05) is 29.5 Å². The van der Waals surface area contributed by atoms with Crippen LogP contribution in [-0.4, -0.2) is 70.1 Å². The van der Waals surface area contributed by atoms with Gasteiger partial charge >= 0.3 is 0 Å². The van der Waals surface area contributed by atoms with Gasteiger partial charge in [0.2, 0.25) is 0 Å². The SMILES string of the molecule is CCN(c1ccccc1)S(=O)(=O)c1ccc(C(=O)N(CCCN2CCOCC2)c2nc3cc(C)c(C)cc3s2)cc1.Cl. The van der Waals surface area contributed by atoms with Crippen LogP contribution in [0.3, 0.4) is 0 Å². The predicted octanol–water partition coefficient (Wildman–Crippen LogP) is 5.92. The Kier molecular flexibility index (Phi) is 10.6. The zero-order valence-electron chi connectivity index (χ0n) is 24.2. The van der Waals surface area contributed by atoms with Crippen LogP contribution >= 0.6 is 23.7 Å². The standard InChI is InChI=1S/C31H36N4O4S2.ClH/c1-4-35(26-9-6-5-7-10-26)41(37,38)27-13-11-25(12-14-27)30(36)34(16-8-15-33-17-19-39-20-18-33)31-32-28-21-23(2)24(3)22-29(28)40-31;/h5-7,9-14,21-22H,4,8,15-20H2,1-3H3;1H. The Morgan fingerprint density at radius 1 is 1.00 bits per heavy atom. The monoisotopic (exact) mass is 628 g/mol. The lowest BCUT2D eigenvalue weighted by atomic mass is 10.1. The van der Waals surface area contributed by atoms with Crippen molar-refractivity contribution in [3.8, 4) is 0 Å². The van der Waals surface area contributed by atoms with Gasteiger partial charge in [0.15, 0.2) is 5.13 Å². The molecule has 8 nitrogen and oxygen atoms in total. The largest absolute Gasteiger partial charge is 0.379 e. The van der Waals surface area contributed by atoms with E-state index in [2.05, 4.69) is 30.9 Å². The summed E-state index contributed by atoms with van der Waals surface area (Å²) in [7, 11) is -3.79. The van der Waals surface area contributed by atoms with E-state index < -0.39 is 10.0 Å². The molecule has 0 spiro atoms. The maximum absolute atomic E-state index is 13.9. The number of anilines is 2. The van der Waals surface area contributed by atoms with Crippen molar-refractivity contribution in [2.45, 2.75) is 32.1 Å². The van der Waals surface area contributed by atoms with Gasteiger partial charge in [-0.05, 0) is 86.8 Å². The van der Waals surface area contributed by atoms with Crippen LogP contribution in [0.4, 0.5) is 10.8 Å². The number of aryl methyl sites for hydroxylation is 2. The zero-order valence-corrected chi connectivity index (χ0v) is 26.6. The second-order valence-electron chi connectivity index (χ2n) is 10.2. The smallest absolute Gasteiger partial charge is 0.264 e. The van der Waals surface area contributed by atoms with Gasteiger partial charge in [0.1, 0.15) is 0 Å². The van der Waals surface area contributed by atoms with E-state index in [1.165, 1.54) is 33.3 Å². The molecule has 1 fully saturated rings. The number of carbonyl (C=O) groups is 1. The molecule has 0 aliphatic carbocycles. The lowest BCUT2D eigenvalue weighted by Crippen LogP contribution is -2.39. The van der Waals surface area contributed by atoms with Crippen LogP contribution in [0.25, 0.3) is 10.2 Å². The number of amides is 1. The maximum Gasteiger partial charge on any atom is 0.264 e. The Bertz CT molecular complexity index is 1570. The normalized spacial score (nSPS) is 14.0. The summed E-state index contributed by atoms with van der Waals surface area (Å²) in [6.07, 6.45) is 0.786. The number of para-hydroxylation sites is 1. The molecule has 224 valence electrons. The van der Waals surface area contributed by atoms with Gasteiger partial charge in [0.25, 0.3) is 15.9 Å². The summed E-state index contributed by atoms with van der Waals surface area (Å²) in [5.74, 6) is -0.196. The van der Waals surface area contributed by atoms with Crippen LogP contribution in [0, 0.1) is 13.8 Å². The first-order chi connectivity index (χ1) is 19.8. The van der Waals surface area contributed by atoms with Crippen molar-refractivity contribution in [2.24, 2.45) is 0 Å². The first-order valence-electron chi connectivity index (χ1n) is 14.0. The van der Waals surface area contributed by atoms with E-state index in [0.29, 0.717) is 29.5 Å². The Balaban J connectivity index is 0.00000405. The summed E-state index contributed by atoms with van der Waals surface area (Å²) in [6.45, 7) is 10.8. The molecular formula is C31H37ClN4O4S2. The number of aromatic nitrogens is 1. The van der Waals surface area contributed by atoms with Crippen molar-refractivity contribution in [2.75, 3.05) is 55.1 Å². The Hall–Kier alpha value is -3.02. The van der Waals surface area contributed by atoms with Crippen LogP contribution in [0.5, 0.6) is 0 Å². The molecule has 42 heavy (non-hydrogen) atoms. The number of halogens is 1. The number of hydrogen-bond donors (Lipinski definition) is 0. The second kappa shape index (κ2) is 14.0. The van der Waals surface area contributed by atoms with Gasteiger partial charge in [-0.25, -0.2) is 13.4 Å². The van der Waals surface area contributed by atoms with E-state index in [-0.39, 0.29) is 23.2 Å². The van der Waals surface area contributed by atoms with Crippen molar-refractivity contribution >= 4 is 60.7 Å². The number of morpholine rings is 1. The highest BCUT2D eigenvalue weighted by molar-refractivity contribution is 7.92. The molecule has 11 heteroatoms. The maximum atomic E-state index is 13.9. The van der Waals surface area contributed by atoms with E-state index in [1.54, 1.807) is 36.1 Å². The van der Waals surface area contributed by atoms with E-state index >= 15 is 0 Å². The quantitative estimate of drug-likeness (QED) is 0.217. The number of rotatable bonds is 10. The molecular weight excluding hydrogens is 592 g/mol. The summed E-state index contributed by atoms with van der Waals surface area (Å²) in [5.41, 5.74) is 4.24. The molecule has 1 saturated heterocycles. The molecule has 0 bridgehead atoms. The van der Waals surface area contributed by atoms with Crippen LogP contribution in [0.1, 0.15) is 34.8 Å². The highest BCUT2D eigenvalue weighted by Gasteiger charge is 2.26. The lowest BCUT2D eigenvalue weighted by molar-refractivity contribution is 0.0376. The van der Waals surface area contributed by atoms with Crippen molar-refractivity contribution in [1.82, 2.24) is 9.88 Å². The number of fused-ring (bicyclic) bond motifs is 1. The topological polar surface area (TPSA) is 83.1 Å². The van der Waals surface area contributed by atoms with Gasteiger partial charge in [-0.2, -0.15) is 0 Å². The van der Waals surface area contributed by atoms with E-state index in [9.17, 15) is 13.2 Å². The van der Waals surface area contributed by atoms with Gasteiger partial charge in [-0.3, -0.25) is 18.9 Å². The predicted molar refractivity (Wildman–Crippen MR) is 173 cm³/mol. The van der Waals surface area contributed by atoms with E-state index in [1.807, 2.05) is 18.2 Å². The molecule has 0 radical (unpaired) electrons. The summed E-state index contributed by atoms with van der Waals surface area (Å²) in [6, 6.07) is 19.4. The minimum absolute atomic E-state index is 0. The fourth-order valence-electron chi connectivity index (χ4n) is 4.98. The molecule has 3 aromatic carbocycles. The number of nitrogens with zero attached hydrogens (tertiary/aromatic N) is 4. The van der Waals surface area contributed by atoms with Crippen LogP contribution in [0.2, 0.25) is 0 Å². The molecule has 4 aromatic rings. The fraction of sp³-hybridized carbons (Fsp3) is 0.355. The number of carbonyl (C=O) groups excluding carboxylic acids is 1. The summed E-state index contributed by atoms with van der Waals surface area (Å²) in [4.78, 5) is 23.0. The molecule has 1 amide bonds. The molecule has 1 aliphatic rings. The molecule has 5 rings (SSSR count). The average molecular weight is 629 g/mol. The second-order valence-corrected chi connectivity index (χ2v) is 13.1. The molecule has 0 unspecified atom stereocenters. The minimum Gasteiger partial charge on any atom is -0.379 e. The van der Waals surface area contributed by atoms with Gasteiger partial charge < -0.3 is 4.74 Å². The molecule has 0 saturated carbocycles. The minimum atomic E-state index is -3.79. The van der Waals surface area contributed by atoms with Crippen LogP contribution in [0.15, 0.2) is 71.6 Å². The molecule has 0 atom stereocenters. The lowest BCUT2D eigenvalue weighted by Gasteiger charge is -2.27. The van der Waals surface area contributed by atoms with Gasteiger partial charge in [0.05, 0.1) is 34.0 Å². The third-order valence-electron chi connectivity index (χ3n) is 7.45. The van der Waals surface area contributed by atoms with Gasteiger partial charge in [-0.15, -0.1) is 12.4 Å². The Labute approximate surface area is 258 Å². The Morgan fingerprint density at radius 3 is 2.33 bits per heavy atom. The number of ether oxygens (including phenoxy) is 1. The van der Waals surface area contributed by atoms with Crippen LogP contribution < -0.4 is 9.21 Å². The van der Waals surface area contributed by atoms with Crippen molar-refractivity contribution in [1.29, 1.82) is 0 Å². The average Bonchev–Trinajstić information content (AvgIpc) is 3.38. The molecule has 0 N–H and O–H groups in total. The molecule has 2 heterocycles. The van der Waals surface area contributed by atoms with Crippen molar-refractivity contribution < 1.29 is 17.9 Å².